The Labute approximate surface area is 182 Å². The van der Waals surface area contributed by atoms with Gasteiger partial charge in [0.2, 0.25) is 5.91 Å². The molecule has 1 aliphatic carbocycles. The highest BCUT2D eigenvalue weighted by Gasteiger charge is 2.79. The molecule has 0 aromatic rings. The van der Waals surface area contributed by atoms with Gasteiger partial charge in [0.05, 0.1) is 29.8 Å². The van der Waals surface area contributed by atoms with Gasteiger partial charge in [0.15, 0.2) is 15.4 Å². The van der Waals surface area contributed by atoms with E-state index in [1.165, 1.54) is 13.8 Å². The second-order valence-corrected chi connectivity index (χ2v) is 10.6. The van der Waals surface area contributed by atoms with Gasteiger partial charge < -0.3 is 24.8 Å². The normalized spacial score (nSPS) is 29.0. The van der Waals surface area contributed by atoms with Gasteiger partial charge in [0.1, 0.15) is 11.6 Å². The van der Waals surface area contributed by atoms with Crippen molar-refractivity contribution < 1.29 is 43.2 Å². The summed E-state index contributed by atoms with van der Waals surface area (Å²) in [5, 5.41) is 3.56. The van der Waals surface area contributed by atoms with Crippen molar-refractivity contribution in [3.63, 3.8) is 0 Å². The molecule has 0 spiro atoms. The Balaban J connectivity index is 0.00000512. The largest absolute Gasteiger partial charge is 0.464 e. The predicted molar refractivity (Wildman–Crippen MR) is 109 cm³/mol. The Hall–Kier alpha value is -2.63. The van der Waals surface area contributed by atoms with E-state index in [4.69, 9.17) is 14.2 Å². The molecule has 5 atom stereocenters. The number of hydrogen-bond donors (Lipinski definition) is 2. The number of amides is 2. The van der Waals surface area contributed by atoms with Crippen LogP contribution in [0.3, 0.4) is 0 Å². The van der Waals surface area contributed by atoms with Crippen molar-refractivity contribution in [2.45, 2.75) is 57.1 Å². The molecule has 176 valence electrons. The molecule has 2 fully saturated rings. The van der Waals surface area contributed by atoms with Crippen LogP contribution >= 0.6 is 0 Å². The Morgan fingerprint density at radius 2 is 1.90 bits per heavy atom. The van der Waals surface area contributed by atoms with Gasteiger partial charge in [0, 0.05) is 7.34 Å². The number of sulfone groups is 1. The smallest absolute Gasteiger partial charge is 0.408 e. The third-order valence-corrected chi connectivity index (χ3v) is 7.22. The van der Waals surface area contributed by atoms with Crippen LogP contribution in [0.4, 0.5) is 4.79 Å². The maximum absolute atomic E-state index is 12.8. The molecule has 2 amide bonds. The second kappa shape index (κ2) is 8.48. The summed E-state index contributed by atoms with van der Waals surface area (Å²) in [6.07, 6.45) is -0.00315. The third kappa shape index (κ3) is 5.00. The molecule has 1 saturated carbocycles. The van der Waals surface area contributed by atoms with Crippen LogP contribution < -0.4 is 10.6 Å². The lowest BCUT2D eigenvalue weighted by atomic mass is 9.93. The van der Waals surface area contributed by atoms with Crippen molar-refractivity contribution in [1.29, 1.82) is 0 Å². The van der Waals surface area contributed by atoms with Crippen LogP contribution in [0.1, 0.15) is 36.0 Å². The highest BCUT2D eigenvalue weighted by atomic mass is 32.2. The van der Waals surface area contributed by atoms with Gasteiger partial charge in [-0.15, -0.1) is 0 Å². The maximum atomic E-state index is 12.8. The van der Waals surface area contributed by atoms with Crippen LogP contribution in [0.25, 0.3) is 0 Å². The lowest BCUT2D eigenvalue weighted by Gasteiger charge is -2.31. The zero-order valence-corrected chi connectivity index (χ0v) is 18.9. The van der Waals surface area contributed by atoms with Gasteiger partial charge in [-0.25, -0.2) is 18.0 Å². The standard InChI is InChI=1S/C19H28N2O9S.H2/c1-7-28-15(23)11-12-13(11)31(26,27)9-19(12,16(24)29-8-2)21-14(22)10(3)20-17(25)30-18(4,5)6;/h7,10-13H,1,8-9H2,2-6H3,(H,20,25)(H,21,22);1H/t10-,11-,12-,13+,19-;/m1./s1. The molecular formula is C19H30N2O9S. The Bertz CT molecular complexity index is 899. The van der Waals surface area contributed by atoms with Gasteiger partial charge in [-0.05, 0) is 34.6 Å². The van der Waals surface area contributed by atoms with E-state index in [0.29, 0.717) is 0 Å². The van der Waals surface area contributed by atoms with E-state index in [9.17, 15) is 27.6 Å². The minimum absolute atomic E-state index is 0. The monoisotopic (exact) mass is 462 g/mol. The highest BCUT2D eigenvalue weighted by Crippen LogP contribution is 2.58. The van der Waals surface area contributed by atoms with Gasteiger partial charge in [-0.3, -0.25) is 9.59 Å². The fourth-order valence-corrected chi connectivity index (χ4v) is 6.47. The number of carbonyl (C=O) groups excluding carboxylic acids is 4. The molecule has 0 unspecified atom stereocenters. The summed E-state index contributed by atoms with van der Waals surface area (Å²) in [6.45, 7) is 11.0. The number of rotatable bonds is 7. The molecule has 0 aromatic carbocycles. The summed E-state index contributed by atoms with van der Waals surface area (Å²) in [5.41, 5.74) is -2.78. The van der Waals surface area contributed by atoms with Crippen LogP contribution in [-0.2, 0) is 38.4 Å². The maximum Gasteiger partial charge on any atom is 0.408 e. The highest BCUT2D eigenvalue weighted by molar-refractivity contribution is 7.92. The Morgan fingerprint density at radius 1 is 1.29 bits per heavy atom. The van der Waals surface area contributed by atoms with Gasteiger partial charge in [-0.2, -0.15) is 0 Å². The first-order valence-corrected chi connectivity index (χ1v) is 11.4. The number of nitrogens with one attached hydrogen (secondary N) is 2. The molecule has 12 heteroatoms. The second-order valence-electron chi connectivity index (χ2n) is 8.48. The topological polar surface area (TPSA) is 154 Å². The number of fused-ring (bicyclic) bond motifs is 1. The molecular weight excluding hydrogens is 432 g/mol. The molecule has 0 aromatic heterocycles. The van der Waals surface area contributed by atoms with Crippen molar-refractivity contribution in [1.82, 2.24) is 10.6 Å². The van der Waals surface area contributed by atoms with Gasteiger partial charge in [-0.1, -0.05) is 6.58 Å². The van der Waals surface area contributed by atoms with Crippen molar-refractivity contribution in [2.24, 2.45) is 11.8 Å². The molecule has 2 aliphatic rings. The zero-order chi connectivity index (χ0) is 23.8. The first-order valence-electron chi connectivity index (χ1n) is 9.72. The zero-order valence-electron chi connectivity index (χ0n) is 18.1. The number of carbonyl (C=O) groups is 4. The molecule has 31 heavy (non-hydrogen) atoms. The number of hydrogen-bond acceptors (Lipinski definition) is 9. The van der Waals surface area contributed by atoms with Crippen LogP contribution in [0.2, 0.25) is 0 Å². The fourth-order valence-electron chi connectivity index (χ4n) is 3.77. The average molecular weight is 463 g/mol. The van der Waals surface area contributed by atoms with E-state index >= 15 is 0 Å². The Morgan fingerprint density at radius 3 is 2.42 bits per heavy atom. The van der Waals surface area contributed by atoms with Crippen molar-refractivity contribution in [3.05, 3.63) is 12.8 Å². The van der Waals surface area contributed by atoms with Crippen LogP contribution in [0.15, 0.2) is 12.8 Å². The molecule has 0 radical (unpaired) electrons. The summed E-state index contributed by atoms with van der Waals surface area (Å²) in [4.78, 5) is 49.7. The first kappa shape index (κ1) is 24.6. The summed E-state index contributed by atoms with van der Waals surface area (Å²) in [5.74, 6) is -5.60. The van der Waals surface area contributed by atoms with Crippen LogP contribution in [0, 0.1) is 11.8 Å². The van der Waals surface area contributed by atoms with Crippen LogP contribution in [0.5, 0.6) is 0 Å². The van der Waals surface area contributed by atoms with E-state index in [2.05, 4.69) is 17.2 Å². The molecule has 2 rings (SSSR count). The van der Waals surface area contributed by atoms with Crippen LogP contribution in [-0.4, -0.2) is 67.1 Å². The molecule has 1 saturated heterocycles. The van der Waals surface area contributed by atoms with Gasteiger partial charge >= 0.3 is 18.0 Å². The van der Waals surface area contributed by atoms with E-state index < -0.39 is 73.8 Å². The molecule has 2 N–H and O–H groups in total. The number of alkyl carbamates (subject to hydrolysis) is 1. The Kier molecular flexibility index (Phi) is 6.74. The lowest BCUT2D eigenvalue weighted by molar-refractivity contribution is -0.154. The summed E-state index contributed by atoms with van der Waals surface area (Å²) in [7, 11) is -3.92. The molecule has 0 bridgehead atoms. The van der Waals surface area contributed by atoms with E-state index in [1.807, 2.05) is 0 Å². The summed E-state index contributed by atoms with van der Waals surface area (Å²) < 4.78 is 40.1. The van der Waals surface area contributed by atoms with E-state index in [1.54, 1.807) is 20.8 Å². The van der Waals surface area contributed by atoms with Crippen molar-refractivity contribution in [3.8, 4) is 0 Å². The van der Waals surface area contributed by atoms with Crippen molar-refractivity contribution in [2.75, 3.05) is 12.4 Å². The lowest BCUT2D eigenvalue weighted by Crippen LogP contribution is -2.62. The van der Waals surface area contributed by atoms with E-state index in [0.717, 1.165) is 6.26 Å². The molecule has 11 nitrogen and oxygen atoms in total. The summed E-state index contributed by atoms with van der Waals surface area (Å²) >= 11 is 0. The molecule has 1 aliphatic heterocycles. The van der Waals surface area contributed by atoms with Gasteiger partial charge in [0.25, 0.3) is 0 Å². The fraction of sp³-hybridized carbons (Fsp3) is 0.684. The third-order valence-electron chi connectivity index (χ3n) is 4.95. The first-order chi connectivity index (χ1) is 14.2. The minimum atomic E-state index is -3.92. The number of ether oxygens (including phenoxy) is 3. The predicted octanol–water partition coefficient (Wildman–Crippen LogP) is 0.293. The summed E-state index contributed by atoms with van der Waals surface area (Å²) in [6, 6.07) is -1.17. The van der Waals surface area contributed by atoms with E-state index in [-0.39, 0.29) is 8.03 Å². The molecule has 1 heterocycles. The minimum Gasteiger partial charge on any atom is -0.464 e. The average Bonchev–Trinajstić information content (AvgIpc) is 3.32. The SMILES string of the molecule is C=COC(=O)[C@@H]1[C@@H]2[C@H]1S(=O)(=O)C[C@]2(NC(=O)[C@@H](C)NC(=O)OC(C)(C)C)C(=O)OCC.[HH]. The quantitative estimate of drug-likeness (QED) is 0.309. The van der Waals surface area contributed by atoms with Crippen molar-refractivity contribution >= 4 is 33.8 Å². The number of esters is 2.